The first-order chi connectivity index (χ1) is 6.70. The Morgan fingerprint density at radius 1 is 1.57 bits per heavy atom. The van der Waals surface area contributed by atoms with Gasteiger partial charge in [-0.2, -0.15) is 11.8 Å². The van der Waals surface area contributed by atoms with Crippen molar-refractivity contribution in [3.8, 4) is 0 Å². The number of nitrogens with one attached hydrogen (secondary N) is 1. The summed E-state index contributed by atoms with van der Waals surface area (Å²) >= 11 is 1.79. The molecule has 0 unspecified atom stereocenters. The van der Waals surface area contributed by atoms with Crippen molar-refractivity contribution in [1.82, 2.24) is 14.8 Å². The topological polar surface area (TPSA) is 68.8 Å². The zero-order valence-corrected chi connectivity index (χ0v) is 9.64. The van der Waals surface area contributed by atoms with Crippen LogP contribution in [0.25, 0.3) is 0 Å². The van der Waals surface area contributed by atoms with Crippen molar-refractivity contribution in [3.05, 3.63) is 5.82 Å². The number of nitrogens with two attached hydrogens (primary N) is 1. The van der Waals surface area contributed by atoms with Gasteiger partial charge in [0.2, 0.25) is 5.95 Å². The maximum atomic E-state index is 5.99. The molecule has 14 heavy (non-hydrogen) atoms. The Labute approximate surface area is 88.5 Å². The third-order valence-electron chi connectivity index (χ3n) is 2.10. The van der Waals surface area contributed by atoms with Gasteiger partial charge in [-0.25, -0.2) is 0 Å². The fourth-order valence-corrected chi connectivity index (χ4v) is 1.75. The molecule has 1 rings (SSSR count). The second-order valence-electron chi connectivity index (χ2n) is 3.08. The van der Waals surface area contributed by atoms with E-state index >= 15 is 0 Å². The number of anilines is 1. The second kappa shape index (κ2) is 5.21. The fraction of sp³-hybridized carbons (Fsp3) is 0.750. The van der Waals surface area contributed by atoms with E-state index in [1.54, 1.807) is 11.8 Å². The molecular formula is C8H17N5S. The van der Waals surface area contributed by atoms with Gasteiger partial charge >= 0.3 is 0 Å². The first-order valence-electron chi connectivity index (χ1n) is 4.52. The summed E-state index contributed by atoms with van der Waals surface area (Å²) in [6.07, 6.45) is 3.00. The maximum Gasteiger partial charge on any atom is 0.224 e. The summed E-state index contributed by atoms with van der Waals surface area (Å²) in [5.41, 5.74) is 5.99. The third-order valence-corrected chi connectivity index (χ3v) is 2.74. The van der Waals surface area contributed by atoms with Crippen LogP contribution in [0.2, 0.25) is 0 Å². The van der Waals surface area contributed by atoms with Crippen molar-refractivity contribution in [2.75, 3.05) is 24.4 Å². The number of aromatic nitrogens is 3. The molecule has 0 bridgehead atoms. The molecule has 0 fully saturated rings. The van der Waals surface area contributed by atoms with Crippen LogP contribution in [-0.4, -0.2) is 33.8 Å². The predicted molar refractivity (Wildman–Crippen MR) is 60.5 cm³/mol. The molecule has 0 saturated carbocycles. The summed E-state index contributed by atoms with van der Waals surface area (Å²) in [5, 5.41) is 11.0. The number of hydrogen-bond acceptors (Lipinski definition) is 5. The van der Waals surface area contributed by atoms with E-state index in [1.807, 2.05) is 18.7 Å². The van der Waals surface area contributed by atoms with Crippen molar-refractivity contribution in [3.63, 3.8) is 0 Å². The standard InChI is InChI=1S/C8H17N5S/c1-10-8-12-11-7(13(8)2)6(9)4-5-14-3/h6H,4-5,9H2,1-3H3,(H,10,12)/t6-/m0/s1. The summed E-state index contributed by atoms with van der Waals surface area (Å²) in [7, 11) is 3.74. The highest BCUT2D eigenvalue weighted by Crippen LogP contribution is 2.15. The zero-order valence-electron chi connectivity index (χ0n) is 8.82. The SMILES string of the molecule is CNc1nnc([C@@H](N)CCSC)n1C. The highest BCUT2D eigenvalue weighted by molar-refractivity contribution is 7.98. The van der Waals surface area contributed by atoms with Crippen molar-refractivity contribution < 1.29 is 0 Å². The molecule has 1 aromatic heterocycles. The number of nitrogens with zero attached hydrogens (tertiary/aromatic N) is 3. The Morgan fingerprint density at radius 2 is 2.29 bits per heavy atom. The summed E-state index contributed by atoms with van der Waals surface area (Å²) in [6, 6.07) is -0.0259. The first-order valence-corrected chi connectivity index (χ1v) is 5.91. The van der Waals surface area contributed by atoms with Gasteiger partial charge < -0.3 is 11.1 Å². The predicted octanol–water partition coefficient (Wildman–Crippen LogP) is 0.610. The molecule has 5 nitrogen and oxygen atoms in total. The minimum absolute atomic E-state index is 0.0259. The van der Waals surface area contributed by atoms with E-state index in [9.17, 15) is 0 Å². The molecule has 0 aliphatic carbocycles. The van der Waals surface area contributed by atoms with Gasteiger partial charge in [-0.15, -0.1) is 10.2 Å². The second-order valence-corrected chi connectivity index (χ2v) is 4.06. The molecule has 1 heterocycles. The minimum Gasteiger partial charge on any atom is -0.357 e. The van der Waals surface area contributed by atoms with E-state index in [1.165, 1.54) is 0 Å². The van der Waals surface area contributed by atoms with Crippen molar-refractivity contribution >= 4 is 17.7 Å². The normalized spacial score (nSPS) is 12.9. The molecule has 1 aromatic rings. The number of thioether (sulfide) groups is 1. The molecule has 0 radical (unpaired) electrons. The highest BCUT2D eigenvalue weighted by Gasteiger charge is 2.14. The van der Waals surface area contributed by atoms with E-state index in [4.69, 9.17) is 5.73 Å². The molecule has 0 saturated heterocycles. The van der Waals surface area contributed by atoms with E-state index in [2.05, 4.69) is 21.8 Å². The van der Waals surface area contributed by atoms with Gasteiger partial charge in [-0.1, -0.05) is 0 Å². The number of rotatable bonds is 5. The fourth-order valence-electron chi connectivity index (χ4n) is 1.26. The van der Waals surface area contributed by atoms with Gasteiger partial charge in [0.15, 0.2) is 5.82 Å². The van der Waals surface area contributed by atoms with Gasteiger partial charge in [0, 0.05) is 14.1 Å². The third kappa shape index (κ3) is 2.39. The van der Waals surface area contributed by atoms with Crippen LogP contribution in [0.3, 0.4) is 0 Å². The van der Waals surface area contributed by atoms with Crippen LogP contribution in [-0.2, 0) is 7.05 Å². The smallest absolute Gasteiger partial charge is 0.224 e. The molecule has 0 aromatic carbocycles. The summed E-state index contributed by atoms with van der Waals surface area (Å²) < 4.78 is 1.89. The summed E-state index contributed by atoms with van der Waals surface area (Å²) in [6.45, 7) is 0. The molecule has 6 heteroatoms. The first kappa shape index (κ1) is 11.3. The minimum atomic E-state index is -0.0259. The largest absolute Gasteiger partial charge is 0.357 e. The number of hydrogen-bond donors (Lipinski definition) is 2. The lowest BCUT2D eigenvalue weighted by Crippen LogP contribution is -2.16. The molecule has 0 amide bonds. The van der Waals surface area contributed by atoms with Crippen LogP contribution >= 0.6 is 11.8 Å². The summed E-state index contributed by atoms with van der Waals surface area (Å²) in [5.74, 6) is 2.63. The highest BCUT2D eigenvalue weighted by atomic mass is 32.2. The van der Waals surface area contributed by atoms with Gasteiger partial charge in [-0.3, -0.25) is 4.57 Å². The molecule has 0 aliphatic heterocycles. The van der Waals surface area contributed by atoms with Crippen LogP contribution in [0.15, 0.2) is 0 Å². The molecule has 3 N–H and O–H groups in total. The lowest BCUT2D eigenvalue weighted by molar-refractivity contribution is 0.620. The van der Waals surface area contributed by atoms with E-state index in [0.29, 0.717) is 0 Å². The monoisotopic (exact) mass is 215 g/mol. The summed E-state index contributed by atoms with van der Waals surface area (Å²) in [4.78, 5) is 0. The molecule has 0 aliphatic rings. The Balaban J connectivity index is 2.69. The van der Waals surface area contributed by atoms with Crippen molar-refractivity contribution in [1.29, 1.82) is 0 Å². The van der Waals surface area contributed by atoms with Crippen LogP contribution in [0, 0.1) is 0 Å². The van der Waals surface area contributed by atoms with Gasteiger partial charge in [-0.05, 0) is 18.4 Å². The van der Waals surface area contributed by atoms with Crippen molar-refractivity contribution in [2.24, 2.45) is 12.8 Å². The van der Waals surface area contributed by atoms with Gasteiger partial charge in [0.05, 0.1) is 6.04 Å². The quantitative estimate of drug-likeness (QED) is 0.753. The van der Waals surface area contributed by atoms with Gasteiger partial charge in [0.25, 0.3) is 0 Å². The molecule has 0 spiro atoms. The van der Waals surface area contributed by atoms with E-state index in [0.717, 1.165) is 23.9 Å². The molecule has 1 atom stereocenters. The van der Waals surface area contributed by atoms with Crippen LogP contribution in [0.1, 0.15) is 18.3 Å². The van der Waals surface area contributed by atoms with E-state index < -0.39 is 0 Å². The Bertz CT molecular complexity index is 285. The molecule has 80 valence electrons. The lowest BCUT2D eigenvalue weighted by Gasteiger charge is -2.10. The average molecular weight is 215 g/mol. The lowest BCUT2D eigenvalue weighted by atomic mass is 10.2. The van der Waals surface area contributed by atoms with Crippen LogP contribution < -0.4 is 11.1 Å². The van der Waals surface area contributed by atoms with Crippen molar-refractivity contribution in [2.45, 2.75) is 12.5 Å². The van der Waals surface area contributed by atoms with Crippen LogP contribution in [0.5, 0.6) is 0 Å². The molecular weight excluding hydrogens is 198 g/mol. The Hall–Kier alpha value is -0.750. The zero-order chi connectivity index (χ0) is 10.6. The Kier molecular flexibility index (Phi) is 4.21. The van der Waals surface area contributed by atoms with E-state index in [-0.39, 0.29) is 6.04 Å². The van der Waals surface area contributed by atoms with Crippen LogP contribution in [0.4, 0.5) is 5.95 Å². The maximum absolute atomic E-state index is 5.99. The Morgan fingerprint density at radius 3 is 2.79 bits per heavy atom. The average Bonchev–Trinajstić information content (AvgIpc) is 2.56. The van der Waals surface area contributed by atoms with Gasteiger partial charge in [0.1, 0.15) is 0 Å².